The molecule has 4 saturated heterocycles. The van der Waals surface area contributed by atoms with Crippen molar-refractivity contribution in [3.05, 3.63) is 35.9 Å². The second-order valence-electron chi connectivity index (χ2n) is 9.92. The highest BCUT2D eigenvalue weighted by atomic mass is 16.2. The summed E-state index contributed by atoms with van der Waals surface area (Å²) >= 11 is 0. The average molecular weight is 410 g/mol. The van der Waals surface area contributed by atoms with Crippen LogP contribution >= 0.6 is 0 Å². The monoisotopic (exact) mass is 409 g/mol. The zero-order valence-electron chi connectivity index (χ0n) is 18.0. The van der Waals surface area contributed by atoms with Gasteiger partial charge in [0.05, 0.1) is 0 Å². The van der Waals surface area contributed by atoms with Crippen molar-refractivity contribution in [3.63, 3.8) is 0 Å². The molecule has 5 nitrogen and oxygen atoms in total. The molecule has 4 aliphatic rings. The van der Waals surface area contributed by atoms with E-state index in [9.17, 15) is 9.59 Å². The third kappa shape index (κ3) is 4.14. The van der Waals surface area contributed by atoms with Crippen LogP contribution in [0, 0.1) is 11.8 Å². The Morgan fingerprint density at radius 2 is 1.80 bits per heavy atom. The van der Waals surface area contributed by atoms with Crippen molar-refractivity contribution in [1.82, 2.24) is 14.7 Å². The third-order valence-corrected chi connectivity index (χ3v) is 8.01. The summed E-state index contributed by atoms with van der Waals surface area (Å²) < 4.78 is 0. The highest BCUT2D eigenvalue weighted by Gasteiger charge is 2.45. The zero-order chi connectivity index (χ0) is 20.5. The molecular formula is C25H35N3O2. The molecule has 0 saturated carbocycles. The molecule has 0 radical (unpaired) electrons. The van der Waals surface area contributed by atoms with Gasteiger partial charge in [0.1, 0.15) is 0 Å². The second kappa shape index (κ2) is 8.70. The number of carbonyl (C=O) groups excluding carboxylic acids is 2. The third-order valence-electron chi connectivity index (χ3n) is 8.01. The van der Waals surface area contributed by atoms with Crippen molar-refractivity contribution in [2.24, 2.45) is 11.8 Å². The fourth-order valence-electron chi connectivity index (χ4n) is 6.48. The maximum absolute atomic E-state index is 12.7. The molecule has 0 aliphatic carbocycles. The van der Waals surface area contributed by atoms with Crippen molar-refractivity contribution < 1.29 is 9.59 Å². The number of rotatable bonds is 4. The fraction of sp³-hybridized carbons (Fsp3) is 0.680. The standard InChI is InChI=1S/C25H35N3O2/c29-24(10-9-19-5-2-1-3-6-19)26-13-11-22(12-14-26)27-16-20-15-21(18-27)23-7-4-8-25(30)28(23)17-20/h1-3,5-6,20-23H,4,7-18H2/t20?,21?,23-/m1/s1. The number of hydrogen-bond acceptors (Lipinski definition) is 3. The van der Waals surface area contributed by atoms with E-state index in [2.05, 4.69) is 26.8 Å². The van der Waals surface area contributed by atoms with E-state index in [1.165, 1.54) is 18.4 Å². The first-order valence-electron chi connectivity index (χ1n) is 12.0. The van der Waals surface area contributed by atoms with Gasteiger partial charge in [0, 0.05) is 57.6 Å². The van der Waals surface area contributed by atoms with Crippen LogP contribution in [-0.2, 0) is 16.0 Å². The normalized spacial score (nSPS) is 30.3. The first-order valence-corrected chi connectivity index (χ1v) is 12.0. The lowest BCUT2D eigenvalue weighted by Gasteiger charge is -2.54. The van der Waals surface area contributed by atoms with Crippen LogP contribution in [0.5, 0.6) is 0 Å². The van der Waals surface area contributed by atoms with E-state index >= 15 is 0 Å². The van der Waals surface area contributed by atoms with E-state index in [1.54, 1.807) is 0 Å². The van der Waals surface area contributed by atoms with E-state index in [0.29, 0.717) is 42.2 Å². The minimum absolute atomic E-state index is 0.309. The van der Waals surface area contributed by atoms with Gasteiger partial charge in [-0.3, -0.25) is 14.5 Å². The van der Waals surface area contributed by atoms with E-state index in [1.807, 2.05) is 18.2 Å². The lowest BCUT2D eigenvalue weighted by atomic mass is 9.75. The van der Waals surface area contributed by atoms with Gasteiger partial charge in [-0.05, 0) is 55.9 Å². The van der Waals surface area contributed by atoms with Crippen molar-refractivity contribution in [2.45, 2.75) is 63.5 Å². The first-order chi connectivity index (χ1) is 14.7. The molecule has 2 amide bonds. The number of aryl methyl sites for hydroxylation is 1. The molecule has 0 spiro atoms. The summed E-state index contributed by atoms with van der Waals surface area (Å²) in [5.41, 5.74) is 1.25. The van der Waals surface area contributed by atoms with Crippen LogP contribution in [0.2, 0.25) is 0 Å². The quantitative estimate of drug-likeness (QED) is 0.768. The minimum atomic E-state index is 0.309. The highest BCUT2D eigenvalue weighted by Crippen LogP contribution is 2.39. The molecule has 162 valence electrons. The Balaban J connectivity index is 1.12. The fourth-order valence-corrected chi connectivity index (χ4v) is 6.48. The Morgan fingerprint density at radius 3 is 2.60 bits per heavy atom. The Kier molecular flexibility index (Phi) is 5.81. The smallest absolute Gasteiger partial charge is 0.222 e. The summed E-state index contributed by atoms with van der Waals surface area (Å²) in [6.07, 6.45) is 8.00. The van der Waals surface area contributed by atoms with Crippen LogP contribution in [0.25, 0.3) is 0 Å². The molecule has 1 aromatic carbocycles. The largest absolute Gasteiger partial charge is 0.343 e. The summed E-state index contributed by atoms with van der Waals surface area (Å²) in [5, 5.41) is 0. The molecule has 5 rings (SSSR count). The molecule has 0 aromatic heterocycles. The number of carbonyl (C=O) groups is 2. The Labute approximate surface area is 180 Å². The van der Waals surface area contributed by atoms with Gasteiger partial charge in [-0.1, -0.05) is 30.3 Å². The SMILES string of the molecule is O=C(CCc1ccccc1)N1CCC(N2CC3CC(C2)[C@H]2CCCC(=O)N2C3)CC1. The lowest BCUT2D eigenvalue weighted by Crippen LogP contribution is -2.62. The summed E-state index contributed by atoms with van der Waals surface area (Å²) in [4.78, 5) is 32.1. The van der Waals surface area contributed by atoms with Crippen LogP contribution < -0.4 is 0 Å². The number of nitrogens with zero attached hydrogens (tertiary/aromatic N) is 3. The summed E-state index contributed by atoms with van der Waals surface area (Å²) in [6, 6.07) is 11.4. The number of likely N-dealkylation sites (tertiary alicyclic amines) is 2. The van der Waals surface area contributed by atoms with E-state index in [0.717, 1.165) is 64.8 Å². The Hall–Kier alpha value is -1.88. The zero-order valence-corrected chi connectivity index (χ0v) is 18.0. The predicted molar refractivity (Wildman–Crippen MR) is 117 cm³/mol. The number of amides is 2. The van der Waals surface area contributed by atoms with Gasteiger partial charge in [0.2, 0.25) is 11.8 Å². The summed E-state index contributed by atoms with van der Waals surface area (Å²) in [6.45, 7) is 5.07. The van der Waals surface area contributed by atoms with Gasteiger partial charge < -0.3 is 9.80 Å². The maximum Gasteiger partial charge on any atom is 0.222 e. The van der Waals surface area contributed by atoms with Gasteiger partial charge >= 0.3 is 0 Å². The summed E-state index contributed by atoms with van der Waals surface area (Å²) in [7, 11) is 0. The lowest BCUT2D eigenvalue weighted by molar-refractivity contribution is -0.146. The van der Waals surface area contributed by atoms with Gasteiger partial charge in [0.15, 0.2) is 0 Å². The highest BCUT2D eigenvalue weighted by molar-refractivity contribution is 5.77. The van der Waals surface area contributed by atoms with Crippen LogP contribution in [0.1, 0.15) is 50.5 Å². The molecular weight excluding hydrogens is 374 g/mol. The van der Waals surface area contributed by atoms with Gasteiger partial charge in [-0.2, -0.15) is 0 Å². The first kappa shape index (κ1) is 20.0. The molecule has 1 aromatic rings. The van der Waals surface area contributed by atoms with Gasteiger partial charge in [0.25, 0.3) is 0 Å². The number of hydrogen-bond donors (Lipinski definition) is 0. The Morgan fingerprint density at radius 1 is 1.00 bits per heavy atom. The molecule has 3 atom stereocenters. The molecule has 2 bridgehead atoms. The molecule has 2 unspecified atom stereocenters. The molecule has 4 fully saturated rings. The maximum atomic E-state index is 12.7. The van der Waals surface area contributed by atoms with E-state index in [4.69, 9.17) is 0 Å². The topological polar surface area (TPSA) is 43.9 Å². The molecule has 4 aliphatic heterocycles. The van der Waals surface area contributed by atoms with E-state index < -0.39 is 0 Å². The predicted octanol–water partition coefficient (Wildman–Crippen LogP) is 2.94. The van der Waals surface area contributed by atoms with Crippen LogP contribution in [0.3, 0.4) is 0 Å². The Bertz CT molecular complexity index is 759. The second-order valence-corrected chi connectivity index (χ2v) is 9.92. The van der Waals surface area contributed by atoms with Crippen molar-refractivity contribution in [3.8, 4) is 0 Å². The molecule has 5 heteroatoms. The summed E-state index contributed by atoms with van der Waals surface area (Å²) in [5.74, 6) is 2.01. The minimum Gasteiger partial charge on any atom is -0.343 e. The van der Waals surface area contributed by atoms with Crippen LogP contribution in [0.4, 0.5) is 0 Å². The van der Waals surface area contributed by atoms with Crippen molar-refractivity contribution in [1.29, 1.82) is 0 Å². The van der Waals surface area contributed by atoms with Crippen molar-refractivity contribution in [2.75, 3.05) is 32.7 Å². The number of fused-ring (bicyclic) bond motifs is 4. The van der Waals surface area contributed by atoms with E-state index in [-0.39, 0.29) is 0 Å². The molecule has 0 N–H and O–H groups in total. The number of piperidine rings is 4. The average Bonchev–Trinajstić information content (AvgIpc) is 2.79. The van der Waals surface area contributed by atoms with Gasteiger partial charge in [-0.25, -0.2) is 0 Å². The molecule has 30 heavy (non-hydrogen) atoms. The number of benzene rings is 1. The van der Waals surface area contributed by atoms with Gasteiger partial charge in [-0.15, -0.1) is 0 Å². The molecule has 4 heterocycles. The van der Waals surface area contributed by atoms with Crippen LogP contribution in [0.15, 0.2) is 30.3 Å². The van der Waals surface area contributed by atoms with Crippen LogP contribution in [-0.4, -0.2) is 71.3 Å². The van der Waals surface area contributed by atoms with Crippen molar-refractivity contribution >= 4 is 11.8 Å².